The number of para-hydroxylation sites is 1. The number of likely N-dealkylation sites (tertiary alicyclic amines) is 1. The van der Waals surface area contributed by atoms with Gasteiger partial charge in [-0.2, -0.15) is 0 Å². The van der Waals surface area contributed by atoms with Gasteiger partial charge in [0.1, 0.15) is 11.9 Å². The zero-order valence-electron chi connectivity index (χ0n) is 17.8. The predicted octanol–water partition coefficient (Wildman–Crippen LogP) is 1.73. The van der Waals surface area contributed by atoms with Crippen LogP contribution in [0.25, 0.3) is 0 Å². The second-order valence-electron chi connectivity index (χ2n) is 8.40. The summed E-state index contributed by atoms with van der Waals surface area (Å²) in [6.07, 6.45) is 5.14. The van der Waals surface area contributed by atoms with Crippen LogP contribution in [-0.2, 0) is 9.59 Å². The largest absolute Gasteiger partial charge is 0.489 e. The van der Waals surface area contributed by atoms with E-state index in [1.165, 1.54) is 4.90 Å². The third kappa shape index (κ3) is 3.80. The summed E-state index contributed by atoms with van der Waals surface area (Å²) < 4.78 is 5.97. The number of benzene rings is 1. The lowest BCUT2D eigenvalue weighted by molar-refractivity contribution is -0.140. The number of guanidine groups is 1. The third-order valence-electron chi connectivity index (χ3n) is 6.39. The second kappa shape index (κ2) is 8.50. The molecule has 0 aromatic heterocycles. The topological polar surface area (TPSA) is 83.0 Å². The number of aliphatic imine (C=N–C) groups is 1. The van der Waals surface area contributed by atoms with Gasteiger partial charge in [-0.3, -0.25) is 19.5 Å². The summed E-state index contributed by atoms with van der Waals surface area (Å²) in [5.41, 5.74) is 1.10. The number of allylic oxidation sites excluding steroid dienone is 2. The SMILES string of the molecule is CN=C(NCCN1C(=O)C2C3C=CC(C3)C2C1=O)NCC(C)Oc1ccccc1C. The minimum Gasteiger partial charge on any atom is -0.489 e. The Morgan fingerprint density at radius 2 is 1.83 bits per heavy atom. The molecule has 3 aliphatic rings. The molecule has 1 aliphatic heterocycles. The van der Waals surface area contributed by atoms with Crippen molar-refractivity contribution in [3.63, 3.8) is 0 Å². The summed E-state index contributed by atoms with van der Waals surface area (Å²) in [6, 6.07) is 7.92. The van der Waals surface area contributed by atoms with Gasteiger partial charge in [-0.15, -0.1) is 0 Å². The molecular weight excluding hydrogens is 380 g/mol. The highest BCUT2D eigenvalue weighted by Gasteiger charge is 2.58. The van der Waals surface area contributed by atoms with Gasteiger partial charge in [-0.1, -0.05) is 30.4 Å². The number of nitrogens with zero attached hydrogens (tertiary/aromatic N) is 2. The van der Waals surface area contributed by atoms with Crippen molar-refractivity contribution < 1.29 is 14.3 Å². The molecule has 1 saturated heterocycles. The number of hydrogen-bond acceptors (Lipinski definition) is 4. The van der Waals surface area contributed by atoms with Crippen LogP contribution in [0.1, 0.15) is 18.9 Å². The van der Waals surface area contributed by atoms with Gasteiger partial charge in [0.25, 0.3) is 0 Å². The smallest absolute Gasteiger partial charge is 0.233 e. The van der Waals surface area contributed by atoms with Gasteiger partial charge in [0.2, 0.25) is 11.8 Å². The van der Waals surface area contributed by atoms with Crippen molar-refractivity contribution >= 4 is 17.8 Å². The maximum absolute atomic E-state index is 12.7. The summed E-state index contributed by atoms with van der Waals surface area (Å²) in [7, 11) is 1.70. The van der Waals surface area contributed by atoms with Crippen molar-refractivity contribution in [2.24, 2.45) is 28.7 Å². The number of rotatable bonds is 7. The number of aryl methyl sites for hydroxylation is 1. The van der Waals surface area contributed by atoms with Gasteiger partial charge in [0.15, 0.2) is 5.96 Å². The molecule has 7 nitrogen and oxygen atoms in total. The van der Waals surface area contributed by atoms with Crippen LogP contribution in [-0.4, -0.2) is 55.5 Å². The minimum absolute atomic E-state index is 0.00755. The molecule has 2 bridgehead atoms. The minimum atomic E-state index is -0.135. The zero-order valence-corrected chi connectivity index (χ0v) is 17.8. The van der Waals surface area contributed by atoms with E-state index in [-0.39, 0.29) is 41.6 Å². The summed E-state index contributed by atoms with van der Waals surface area (Å²) in [5, 5.41) is 6.43. The summed E-state index contributed by atoms with van der Waals surface area (Å²) in [6.45, 7) is 5.42. The van der Waals surface area contributed by atoms with Gasteiger partial charge in [0.05, 0.1) is 18.4 Å². The average molecular weight is 411 g/mol. The Labute approximate surface area is 177 Å². The number of nitrogens with one attached hydrogen (secondary N) is 2. The van der Waals surface area contributed by atoms with E-state index in [9.17, 15) is 9.59 Å². The van der Waals surface area contributed by atoms with Crippen molar-refractivity contribution in [1.29, 1.82) is 0 Å². The monoisotopic (exact) mass is 410 g/mol. The van der Waals surface area contributed by atoms with E-state index in [1.54, 1.807) is 7.05 Å². The number of amides is 2. The van der Waals surface area contributed by atoms with Crippen LogP contribution in [0, 0.1) is 30.6 Å². The molecule has 1 saturated carbocycles. The van der Waals surface area contributed by atoms with Crippen LogP contribution in [0.15, 0.2) is 41.4 Å². The first kappa shape index (κ1) is 20.4. The molecule has 5 atom stereocenters. The second-order valence-corrected chi connectivity index (χ2v) is 8.40. The lowest BCUT2D eigenvalue weighted by Gasteiger charge is -2.20. The summed E-state index contributed by atoms with van der Waals surface area (Å²) in [4.78, 5) is 31.1. The highest BCUT2D eigenvalue weighted by atomic mass is 16.5. The molecule has 4 rings (SSSR count). The number of imide groups is 1. The Hall–Kier alpha value is -2.83. The molecule has 1 aromatic rings. The summed E-state index contributed by atoms with van der Waals surface area (Å²) in [5.74, 6) is 1.70. The fourth-order valence-corrected chi connectivity index (χ4v) is 4.88. The zero-order chi connectivity index (χ0) is 21.3. The van der Waals surface area contributed by atoms with Crippen molar-refractivity contribution in [2.75, 3.05) is 26.7 Å². The van der Waals surface area contributed by atoms with E-state index in [0.29, 0.717) is 25.6 Å². The van der Waals surface area contributed by atoms with E-state index in [4.69, 9.17) is 4.74 Å². The highest BCUT2D eigenvalue weighted by molar-refractivity contribution is 6.06. The molecule has 0 radical (unpaired) electrons. The number of fused-ring (bicyclic) bond motifs is 5. The molecule has 1 heterocycles. The maximum atomic E-state index is 12.7. The normalized spacial score (nSPS) is 28.1. The Morgan fingerprint density at radius 1 is 1.17 bits per heavy atom. The van der Waals surface area contributed by atoms with Gasteiger partial charge in [-0.05, 0) is 43.7 Å². The van der Waals surface area contributed by atoms with Crippen molar-refractivity contribution in [3.8, 4) is 5.75 Å². The fourth-order valence-electron chi connectivity index (χ4n) is 4.88. The Morgan fingerprint density at radius 3 is 2.47 bits per heavy atom. The number of carbonyl (C=O) groups is 2. The van der Waals surface area contributed by atoms with Crippen molar-refractivity contribution in [1.82, 2.24) is 15.5 Å². The molecule has 5 unspecified atom stereocenters. The maximum Gasteiger partial charge on any atom is 0.233 e. The molecule has 2 amide bonds. The Bertz CT molecular complexity index is 851. The molecule has 30 heavy (non-hydrogen) atoms. The molecule has 2 aliphatic carbocycles. The van der Waals surface area contributed by atoms with E-state index in [1.807, 2.05) is 38.1 Å². The first-order valence-corrected chi connectivity index (χ1v) is 10.7. The van der Waals surface area contributed by atoms with Gasteiger partial charge in [-0.25, -0.2) is 0 Å². The van der Waals surface area contributed by atoms with Gasteiger partial charge >= 0.3 is 0 Å². The summed E-state index contributed by atoms with van der Waals surface area (Å²) >= 11 is 0. The lowest BCUT2D eigenvalue weighted by atomic mass is 9.85. The van der Waals surface area contributed by atoms with Crippen LogP contribution in [0.2, 0.25) is 0 Å². The van der Waals surface area contributed by atoms with Crippen LogP contribution >= 0.6 is 0 Å². The Balaban J connectivity index is 1.22. The van der Waals surface area contributed by atoms with Crippen molar-refractivity contribution in [2.45, 2.75) is 26.4 Å². The standard InChI is InChI=1S/C23H30N4O3/c1-14-6-4-5-7-18(14)30-15(2)13-26-23(24-3)25-10-11-27-21(28)19-16-8-9-17(12-16)20(19)22(27)29/h4-9,15-17,19-20H,10-13H2,1-3H3,(H2,24,25,26). The Kier molecular flexibility index (Phi) is 5.79. The lowest BCUT2D eigenvalue weighted by Crippen LogP contribution is -2.45. The average Bonchev–Trinajstić information content (AvgIpc) is 3.41. The molecule has 2 N–H and O–H groups in total. The van der Waals surface area contributed by atoms with Crippen molar-refractivity contribution in [3.05, 3.63) is 42.0 Å². The molecule has 2 fully saturated rings. The number of hydrogen-bond donors (Lipinski definition) is 2. The first-order valence-electron chi connectivity index (χ1n) is 10.7. The third-order valence-corrected chi connectivity index (χ3v) is 6.39. The molecule has 0 spiro atoms. The van der Waals surface area contributed by atoms with Gasteiger partial charge in [0, 0.05) is 20.1 Å². The number of ether oxygens (including phenoxy) is 1. The molecule has 160 valence electrons. The highest BCUT2D eigenvalue weighted by Crippen LogP contribution is 2.52. The van der Waals surface area contributed by atoms with E-state index < -0.39 is 0 Å². The molecule has 7 heteroatoms. The first-order chi connectivity index (χ1) is 14.5. The molecule has 1 aromatic carbocycles. The van der Waals surface area contributed by atoms with Crippen LogP contribution < -0.4 is 15.4 Å². The predicted molar refractivity (Wildman–Crippen MR) is 115 cm³/mol. The van der Waals surface area contributed by atoms with Crippen LogP contribution in [0.3, 0.4) is 0 Å². The van der Waals surface area contributed by atoms with Crippen LogP contribution in [0.5, 0.6) is 5.75 Å². The number of carbonyl (C=O) groups excluding carboxylic acids is 2. The van der Waals surface area contributed by atoms with E-state index in [2.05, 4.69) is 27.8 Å². The van der Waals surface area contributed by atoms with E-state index >= 15 is 0 Å². The van der Waals surface area contributed by atoms with E-state index in [0.717, 1.165) is 17.7 Å². The molecular formula is C23H30N4O3. The van der Waals surface area contributed by atoms with Crippen LogP contribution in [0.4, 0.5) is 0 Å². The van der Waals surface area contributed by atoms with Gasteiger partial charge < -0.3 is 15.4 Å². The quantitative estimate of drug-likeness (QED) is 0.310. The fraction of sp³-hybridized carbons (Fsp3) is 0.522.